The van der Waals surface area contributed by atoms with Gasteiger partial charge in [-0.2, -0.15) is 4.98 Å². The van der Waals surface area contributed by atoms with Gasteiger partial charge in [-0.3, -0.25) is 0 Å². The van der Waals surface area contributed by atoms with Crippen molar-refractivity contribution < 1.29 is 4.52 Å². The SMILES string of the molecule is CC(C)NCCCc1nc(C(C)C)no1. The van der Waals surface area contributed by atoms with Gasteiger partial charge >= 0.3 is 0 Å². The Labute approximate surface area is 91.5 Å². The van der Waals surface area contributed by atoms with Crippen molar-refractivity contribution in [2.45, 2.75) is 52.5 Å². The average molecular weight is 211 g/mol. The summed E-state index contributed by atoms with van der Waals surface area (Å²) in [5.74, 6) is 1.90. The third kappa shape index (κ3) is 4.42. The number of nitrogens with zero attached hydrogens (tertiary/aromatic N) is 2. The fourth-order valence-electron chi connectivity index (χ4n) is 1.23. The molecular weight excluding hydrogens is 190 g/mol. The molecule has 1 N–H and O–H groups in total. The minimum Gasteiger partial charge on any atom is -0.339 e. The molecule has 0 radical (unpaired) electrons. The normalized spacial score (nSPS) is 11.6. The highest BCUT2D eigenvalue weighted by Crippen LogP contribution is 2.10. The lowest BCUT2D eigenvalue weighted by Crippen LogP contribution is -2.23. The molecule has 0 atom stereocenters. The van der Waals surface area contributed by atoms with Crippen molar-refractivity contribution in [1.29, 1.82) is 0 Å². The lowest BCUT2D eigenvalue weighted by atomic mass is 10.2. The first-order chi connectivity index (χ1) is 7.09. The van der Waals surface area contributed by atoms with E-state index >= 15 is 0 Å². The number of nitrogens with one attached hydrogen (secondary N) is 1. The van der Waals surface area contributed by atoms with E-state index in [4.69, 9.17) is 4.52 Å². The van der Waals surface area contributed by atoms with E-state index in [2.05, 4.69) is 43.2 Å². The van der Waals surface area contributed by atoms with E-state index in [0.717, 1.165) is 31.1 Å². The van der Waals surface area contributed by atoms with Gasteiger partial charge in [-0.15, -0.1) is 0 Å². The second-order valence-electron chi connectivity index (χ2n) is 4.41. The number of rotatable bonds is 6. The van der Waals surface area contributed by atoms with E-state index in [0.29, 0.717) is 12.0 Å². The molecule has 0 spiro atoms. The molecule has 1 heterocycles. The van der Waals surface area contributed by atoms with Crippen LogP contribution in [0, 0.1) is 0 Å². The Morgan fingerprint density at radius 2 is 2.00 bits per heavy atom. The maximum Gasteiger partial charge on any atom is 0.226 e. The molecule has 0 amide bonds. The van der Waals surface area contributed by atoms with Crippen LogP contribution in [0.3, 0.4) is 0 Å². The highest BCUT2D eigenvalue weighted by Gasteiger charge is 2.08. The van der Waals surface area contributed by atoms with Gasteiger partial charge in [-0.1, -0.05) is 32.9 Å². The van der Waals surface area contributed by atoms with Crippen molar-refractivity contribution in [3.63, 3.8) is 0 Å². The van der Waals surface area contributed by atoms with Crippen LogP contribution in [-0.4, -0.2) is 22.7 Å². The quantitative estimate of drug-likeness (QED) is 0.732. The zero-order chi connectivity index (χ0) is 11.3. The molecule has 1 rings (SSSR count). The van der Waals surface area contributed by atoms with Crippen LogP contribution in [0.2, 0.25) is 0 Å². The zero-order valence-corrected chi connectivity index (χ0v) is 10.1. The van der Waals surface area contributed by atoms with Gasteiger partial charge in [0.15, 0.2) is 5.82 Å². The minimum atomic E-state index is 0.344. The van der Waals surface area contributed by atoms with Crippen LogP contribution in [-0.2, 0) is 6.42 Å². The molecular formula is C11H21N3O. The second kappa shape index (κ2) is 5.85. The number of aromatic nitrogens is 2. The van der Waals surface area contributed by atoms with Gasteiger partial charge in [0.05, 0.1) is 0 Å². The van der Waals surface area contributed by atoms with Gasteiger partial charge in [0.2, 0.25) is 5.89 Å². The molecule has 0 unspecified atom stereocenters. The van der Waals surface area contributed by atoms with E-state index < -0.39 is 0 Å². The van der Waals surface area contributed by atoms with Gasteiger partial charge in [0, 0.05) is 18.4 Å². The summed E-state index contributed by atoms with van der Waals surface area (Å²) in [5.41, 5.74) is 0. The Balaban J connectivity index is 2.26. The molecule has 0 aromatic carbocycles. The molecule has 86 valence electrons. The number of aryl methyl sites for hydroxylation is 1. The van der Waals surface area contributed by atoms with Crippen molar-refractivity contribution in [2.75, 3.05) is 6.54 Å². The first-order valence-corrected chi connectivity index (χ1v) is 5.65. The van der Waals surface area contributed by atoms with Crippen LogP contribution in [0.25, 0.3) is 0 Å². The molecule has 0 aliphatic rings. The standard InChI is InChI=1S/C11H21N3O/c1-8(2)11-13-10(15-14-11)6-5-7-12-9(3)4/h8-9,12H,5-7H2,1-4H3. The summed E-state index contributed by atoms with van der Waals surface area (Å²) in [6, 6.07) is 0.541. The maximum atomic E-state index is 5.14. The third-order valence-corrected chi connectivity index (χ3v) is 2.12. The van der Waals surface area contributed by atoms with E-state index in [1.807, 2.05) is 0 Å². The number of hydrogen-bond donors (Lipinski definition) is 1. The summed E-state index contributed by atoms with van der Waals surface area (Å²) in [5, 5.41) is 7.28. The summed E-state index contributed by atoms with van der Waals surface area (Å²) in [6.07, 6.45) is 1.90. The van der Waals surface area contributed by atoms with E-state index in [1.54, 1.807) is 0 Å². The van der Waals surface area contributed by atoms with Crippen LogP contribution < -0.4 is 5.32 Å². The van der Waals surface area contributed by atoms with Crippen LogP contribution in [0.1, 0.15) is 51.7 Å². The molecule has 15 heavy (non-hydrogen) atoms. The average Bonchev–Trinajstić information content (AvgIpc) is 2.60. The first-order valence-electron chi connectivity index (χ1n) is 5.65. The molecule has 4 heteroatoms. The fraction of sp³-hybridized carbons (Fsp3) is 0.818. The lowest BCUT2D eigenvalue weighted by molar-refractivity contribution is 0.367. The van der Waals surface area contributed by atoms with Crippen molar-refractivity contribution >= 4 is 0 Å². The van der Waals surface area contributed by atoms with Crippen molar-refractivity contribution in [2.24, 2.45) is 0 Å². The Morgan fingerprint density at radius 3 is 2.53 bits per heavy atom. The number of hydrogen-bond acceptors (Lipinski definition) is 4. The lowest BCUT2D eigenvalue weighted by Gasteiger charge is -2.05. The van der Waals surface area contributed by atoms with E-state index in [-0.39, 0.29) is 0 Å². The smallest absolute Gasteiger partial charge is 0.226 e. The third-order valence-electron chi connectivity index (χ3n) is 2.12. The molecule has 0 saturated heterocycles. The van der Waals surface area contributed by atoms with Crippen molar-refractivity contribution in [1.82, 2.24) is 15.5 Å². The molecule has 0 fully saturated rings. The Bertz CT molecular complexity index is 281. The molecule has 0 aliphatic carbocycles. The molecule has 1 aromatic heterocycles. The molecule has 0 saturated carbocycles. The Kier molecular flexibility index (Phi) is 4.75. The molecule has 0 bridgehead atoms. The Morgan fingerprint density at radius 1 is 1.27 bits per heavy atom. The topological polar surface area (TPSA) is 51.0 Å². The summed E-state index contributed by atoms with van der Waals surface area (Å²) < 4.78 is 5.14. The predicted octanol–water partition coefficient (Wildman–Crippen LogP) is 2.12. The van der Waals surface area contributed by atoms with Gasteiger partial charge < -0.3 is 9.84 Å². The van der Waals surface area contributed by atoms with E-state index in [9.17, 15) is 0 Å². The summed E-state index contributed by atoms with van der Waals surface area (Å²) in [4.78, 5) is 4.32. The van der Waals surface area contributed by atoms with Gasteiger partial charge in [-0.25, -0.2) is 0 Å². The summed E-state index contributed by atoms with van der Waals surface area (Å²) in [6.45, 7) is 9.41. The van der Waals surface area contributed by atoms with Crippen molar-refractivity contribution in [3.8, 4) is 0 Å². The van der Waals surface area contributed by atoms with Crippen molar-refractivity contribution in [3.05, 3.63) is 11.7 Å². The fourth-order valence-corrected chi connectivity index (χ4v) is 1.23. The van der Waals surface area contributed by atoms with Gasteiger partial charge in [-0.05, 0) is 13.0 Å². The first kappa shape index (κ1) is 12.2. The van der Waals surface area contributed by atoms with Crippen LogP contribution in [0.5, 0.6) is 0 Å². The molecule has 4 nitrogen and oxygen atoms in total. The second-order valence-corrected chi connectivity index (χ2v) is 4.41. The van der Waals surface area contributed by atoms with Crippen LogP contribution in [0.4, 0.5) is 0 Å². The highest BCUT2D eigenvalue weighted by atomic mass is 16.5. The highest BCUT2D eigenvalue weighted by molar-refractivity contribution is 4.91. The van der Waals surface area contributed by atoms with Crippen LogP contribution in [0.15, 0.2) is 4.52 Å². The molecule has 0 aliphatic heterocycles. The maximum absolute atomic E-state index is 5.14. The summed E-state index contributed by atoms with van der Waals surface area (Å²) >= 11 is 0. The Hall–Kier alpha value is -0.900. The van der Waals surface area contributed by atoms with Gasteiger partial charge in [0.1, 0.15) is 0 Å². The predicted molar refractivity (Wildman–Crippen MR) is 59.8 cm³/mol. The zero-order valence-electron chi connectivity index (χ0n) is 10.1. The van der Waals surface area contributed by atoms with E-state index in [1.165, 1.54) is 0 Å². The largest absolute Gasteiger partial charge is 0.339 e. The molecule has 1 aromatic rings. The monoisotopic (exact) mass is 211 g/mol. The van der Waals surface area contributed by atoms with Crippen LogP contribution >= 0.6 is 0 Å². The summed E-state index contributed by atoms with van der Waals surface area (Å²) in [7, 11) is 0. The minimum absolute atomic E-state index is 0.344. The van der Waals surface area contributed by atoms with Gasteiger partial charge in [0.25, 0.3) is 0 Å².